The van der Waals surface area contributed by atoms with Crippen LogP contribution in [0.25, 0.3) is 0 Å². The number of hydrogen-bond acceptors (Lipinski definition) is 4. The van der Waals surface area contributed by atoms with E-state index in [1.165, 1.54) is 28.8 Å². The molecule has 1 fully saturated rings. The van der Waals surface area contributed by atoms with Crippen LogP contribution in [0.2, 0.25) is 0 Å². The maximum atomic E-state index is 4.23. The zero-order chi connectivity index (χ0) is 15.5. The molecule has 0 saturated heterocycles. The van der Waals surface area contributed by atoms with E-state index in [9.17, 15) is 0 Å². The SMILES string of the molecule is CC(C)Cc1ccc([C@@H](NCc2nnn(C)n2)C2CC2)cc1. The smallest absolute Gasteiger partial charge is 0.188 e. The quantitative estimate of drug-likeness (QED) is 0.854. The van der Waals surface area contributed by atoms with E-state index >= 15 is 0 Å². The van der Waals surface area contributed by atoms with Crippen LogP contribution in [0.1, 0.15) is 49.7 Å². The summed E-state index contributed by atoms with van der Waals surface area (Å²) in [7, 11) is 1.79. The molecule has 22 heavy (non-hydrogen) atoms. The first kappa shape index (κ1) is 15.2. The van der Waals surface area contributed by atoms with E-state index in [1.54, 1.807) is 7.05 Å². The molecule has 0 amide bonds. The molecule has 5 nitrogen and oxygen atoms in total. The average Bonchev–Trinajstić information content (AvgIpc) is 3.23. The molecule has 1 N–H and O–H groups in total. The van der Waals surface area contributed by atoms with Crippen molar-refractivity contribution in [2.24, 2.45) is 18.9 Å². The molecule has 0 radical (unpaired) electrons. The van der Waals surface area contributed by atoms with Crippen LogP contribution in [-0.2, 0) is 20.0 Å². The number of hydrogen-bond donors (Lipinski definition) is 1. The largest absolute Gasteiger partial charge is 0.303 e. The molecule has 1 aliphatic carbocycles. The second-order valence-corrected chi connectivity index (χ2v) is 6.73. The minimum absolute atomic E-state index is 0.400. The van der Waals surface area contributed by atoms with Crippen molar-refractivity contribution in [3.05, 3.63) is 41.2 Å². The van der Waals surface area contributed by atoms with E-state index < -0.39 is 0 Å². The summed E-state index contributed by atoms with van der Waals surface area (Å²) >= 11 is 0. The molecule has 118 valence electrons. The minimum atomic E-state index is 0.400. The monoisotopic (exact) mass is 299 g/mol. The highest BCUT2D eigenvalue weighted by molar-refractivity contribution is 5.26. The first-order chi connectivity index (χ1) is 10.6. The predicted molar refractivity (Wildman–Crippen MR) is 86.1 cm³/mol. The third kappa shape index (κ3) is 3.91. The lowest BCUT2D eigenvalue weighted by Gasteiger charge is -2.18. The Labute approximate surface area is 132 Å². The number of benzene rings is 1. The second-order valence-electron chi connectivity index (χ2n) is 6.73. The third-order valence-corrected chi connectivity index (χ3v) is 4.11. The summed E-state index contributed by atoms with van der Waals surface area (Å²) in [5, 5.41) is 15.8. The average molecular weight is 299 g/mol. The van der Waals surface area contributed by atoms with Crippen LogP contribution in [0.4, 0.5) is 0 Å². The van der Waals surface area contributed by atoms with Crippen molar-refractivity contribution >= 4 is 0 Å². The molecule has 0 unspecified atom stereocenters. The van der Waals surface area contributed by atoms with Gasteiger partial charge in [-0.3, -0.25) is 0 Å². The van der Waals surface area contributed by atoms with Gasteiger partial charge >= 0.3 is 0 Å². The van der Waals surface area contributed by atoms with E-state index in [1.807, 2.05) is 0 Å². The zero-order valence-electron chi connectivity index (χ0n) is 13.7. The Morgan fingerprint density at radius 2 is 1.95 bits per heavy atom. The first-order valence-corrected chi connectivity index (χ1v) is 8.17. The van der Waals surface area contributed by atoms with Gasteiger partial charge in [0.15, 0.2) is 5.82 Å². The second kappa shape index (κ2) is 6.57. The summed E-state index contributed by atoms with van der Waals surface area (Å²) in [5.74, 6) is 2.20. The van der Waals surface area contributed by atoms with Gasteiger partial charge in [0.1, 0.15) is 0 Å². The van der Waals surface area contributed by atoms with Gasteiger partial charge in [0.05, 0.1) is 13.6 Å². The summed E-state index contributed by atoms with van der Waals surface area (Å²) in [5.41, 5.74) is 2.79. The van der Waals surface area contributed by atoms with Gasteiger partial charge < -0.3 is 5.32 Å². The number of rotatable bonds is 7. The topological polar surface area (TPSA) is 55.6 Å². The molecule has 2 aromatic rings. The normalized spacial score (nSPS) is 16.2. The maximum Gasteiger partial charge on any atom is 0.188 e. The van der Waals surface area contributed by atoms with Gasteiger partial charge in [-0.15, -0.1) is 10.2 Å². The Bertz CT molecular complexity index is 598. The summed E-state index contributed by atoms with van der Waals surface area (Å²) < 4.78 is 0. The van der Waals surface area contributed by atoms with Gasteiger partial charge in [0, 0.05) is 6.04 Å². The van der Waals surface area contributed by atoms with Crippen LogP contribution in [-0.4, -0.2) is 20.2 Å². The summed E-state index contributed by atoms with van der Waals surface area (Å²) in [6, 6.07) is 9.49. The maximum absolute atomic E-state index is 4.23. The van der Waals surface area contributed by atoms with E-state index in [-0.39, 0.29) is 0 Å². The Balaban J connectivity index is 1.65. The Morgan fingerprint density at radius 3 is 2.50 bits per heavy atom. The molecule has 5 heteroatoms. The van der Waals surface area contributed by atoms with Crippen LogP contribution < -0.4 is 5.32 Å². The Morgan fingerprint density at radius 1 is 1.23 bits per heavy atom. The molecule has 1 saturated carbocycles. The van der Waals surface area contributed by atoms with Crippen LogP contribution in [0.5, 0.6) is 0 Å². The highest BCUT2D eigenvalue weighted by Gasteiger charge is 2.32. The number of aromatic nitrogens is 4. The molecule has 0 spiro atoms. The Hall–Kier alpha value is -1.75. The zero-order valence-corrected chi connectivity index (χ0v) is 13.7. The number of tetrazole rings is 1. The number of aryl methyl sites for hydroxylation is 1. The molecule has 0 bridgehead atoms. The fourth-order valence-corrected chi connectivity index (χ4v) is 2.91. The van der Waals surface area contributed by atoms with Crippen molar-refractivity contribution in [2.45, 2.75) is 45.7 Å². The van der Waals surface area contributed by atoms with Crippen LogP contribution in [0.3, 0.4) is 0 Å². The van der Waals surface area contributed by atoms with E-state index in [4.69, 9.17) is 0 Å². The number of nitrogens with one attached hydrogen (secondary N) is 1. The predicted octanol–water partition coefficient (Wildman–Crippen LogP) is 2.65. The summed E-state index contributed by atoms with van der Waals surface area (Å²) in [6.07, 6.45) is 3.75. The molecule has 3 rings (SSSR count). The molecule has 1 aromatic carbocycles. The molecule has 1 aromatic heterocycles. The number of nitrogens with zero attached hydrogens (tertiary/aromatic N) is 4. The van der Waals surface area contributed by atoms with E-state index in [2.05, 4.69) is 58.8 Å². The fourth-order valence-electron chi connectivity index (χ4n) is 2.91. The third-order valence-electron chi connectivity index (χ3n) is 4.11. The van der Waals surface area contributed by atoms with Gasteiger partial charge in [-0.1, -0.05) is 38.1 Å². The van der Waals surface area contributed by atoms with Crippen molar-refractivity contribution in [1.29, 1.82) is 0 Å². The molecule has 1 aliphatic rings. The fraction of sp³-hybridized carbons (Fsp3) is 0.588. The van der Waals surface area contributed by atoms with Crippen molar-refractivity contribution in [3.63, 3.8) is 0 Å². The standard InChI is InChI=1S/C17H25N5/c1-12(2)10-13-4-6-14(7-5-13)17(15-8-9-15)18-11-16-19-21-22(3)20-16/h4-7,12,15,17-18H,8-11H2,1-3H3/t17-/m1/s1. The van der Waals surface area contributed by atoms with Crippen LogP contribution in [0.15, 0.2) is 24.3 Å². The van der Waals surface area contributed by atoms with Gasteiger partial charge in [-0.25, -0.2) is 0 Å². The first-order valence-electron chi connectivity index (χ1n) is 8.17. The molecule has 1 atom stereocenters. The van der Waals surface area contributed by atoms with Crippen molar-refractivity contribution in [2.75, 3.05) is 0 Å². The highest BCUT2D eigenvalue weighted by Crippen LogP contribution is 2.41. The van der Waals surface area contributed by atoms with Gasteiger partial charge in [0.2, 0.25) is 0 Å². The van der Waals surface area contributed by atoms with Crippen molar-refractivity contribution in [1.82, 2.24) is 25.5 Å². The van der Waals surface area contributed by atoms with Gasteiger partial charge in [-0.05, 0) is 47.4 Å². The van der Waals surface area contributed by atoms with Crippen molar-refractivity contribution in [3.8, 4) is 0 Å². The molecular formula is C17H25N5. The van der Waals surface area contributed by atoms with Gasteiger partial charge in [0.25, 0.3) is 0 Å². The van der Waals surface area contributed by atoms with Gasteiger partial charge in [-0.2, -0.15) is 4.80 Å². The van der Waals surface area contributed by atoms with E-state index in [0.29, 0.717) is 18.5 Å². The minimum Gasteiger partial charge on any atom is -0.303 e. The Kier molecular flexibility index (Phi) is 4.52. The lowest BCUT2D eigenvalue weighted by molar-refractivity contribution is 0.471. The van der Waals surface area contributed by atoms with Crippen LogP contribution in [0, 0.1) is 11.8 Å². The van der Waals surface area contributed by atoms with Crippen molar-refractivity contribution < 1.29 is 0 Å². The molecule has 0 aliphatic heterocycles. The summed E-state index contributed by atoms with van der Waals surface area (Å²) in [6.45, 7) is 5.19. The molecular weight excluding hydrogens is 274 g/mol. The van der Waals surface area contributed by atoms with E-state index in [0.717, 1.165) is 18.2 Å². The lowest BCUT2D eigenvalue weighted by Crippen LogP contribution is -2.23. The lowest BCUT2D eigenvalue weighted by atomic mass is 9.97. The molecule has 1 heterocycles. The van der Waals surface area contributed by atoms with Crippen LogP contribution >= 0.6 is 0 Å². The summed E-state index contributed by atoms with van der Waals surface area (Å²) in [4.78, 5) is 1.50. The highest BCUT2D eigenvalue weighted by atomic mass is 15.6.